The number of nitrogens with one attached hydrogen (secondary N) is 1. The van der Waals surface area contributed by atoms with E-state index < -0.39 is 0 Å². The maximum atomic E-state index is 10.2. The SMILES string of the molecule is CC1CN(C(=N)Cc2ccccc2Cl)N=C1c1cccc(Cl)c1O. The Hall–Kier alpha value is -2.04. The fourth-order valence-electron chi connectivity index (χ4n) is 2.74. The molecule has 0 saturated carbocycles. The van der Waals surface area contributed by atoms with Crippen molar-refractivity contribution in [1.29, 1.82) is 5.41 Å². The zero-order chi connectivity index (χ0) is 17.3. The highest BCUT2D eigenvalue weighted by Crippen LogP contribution is 2.31. The molecule has 0 radical (unpaired) electrons. The average molecular weight is 362 g/mol. The number of phenolic OH excluding ortho intramolecular Hbond substituents is 1. The Morgan fingerprint density at radius 1 is 1.21 bits per heavy atom. The van der Waals surface area contributed by atoms with E-state index in [0.717, 1.165) is 11.3 Å². The lowest BCUT2D eigenvalue weighted by atomic mass is 9.98. The summed E-state index contributed by atoms with van der Waals surface area (Å²) >= 11 is 12.2. The van der Waals surface area contributed by atoms with E-state index in [1.54, 1.807) is 23.2 Å². The predicted molar refractivity (Wildman–Crippen MR) is 98.4 cm³/mol. The second-order valence-electron chi connectivity index (χ2n) is 5.82. The standard InChI is InChI=1S/C18H17Cl2N3O/c1-11-10-23(16(21)9-12-5-2-3-7-14(12)19)22-17(11)13-6-4-8-15(20)18(13)24/h2-8,11,21,24H,9-10H2,1H3. The number of hydrazone groups is 1. The van der Waals surface area contributed by atoms with Crippen molar-refractivity contribution >= 4 is 34.7 Å². The van der Waals surface area contributed by atoms with Gasteiger partial charge in [0.05, 0.1) is 17.3 Å². The fraction of sp³-hybridized carbons (Fsp3) is 0.222. The molecular weight excluding hydrogens is 345 g/mol. The van der Waals surface area contributed by atoms with Gasteiger partial charge in [0.1, 0.15) is 11.6 Å². The van der Waals surface area contributed by atoms with Crippen molar-refractivity contribution in [3.63, 3.8) is 0 Å². The normalized spacial score (nSPS) is 17.0. The number of nitrogens with zero attached hydrogens (tertiary/aromatic N) is 2. The van der Waals surface area contributed by atoms with Gasteiger partial charge in [0.25, 0.3) is 0 Å². The minimum atomic E-state index is 0.0317. The molecule has 3 rings (SSSR count). The summed E-state index contributed by atoms with van der Waals surface area (Å²) in [6.45, 7) is 2.60. The molecule has 1 aliphatic heterocycles. The molecule has 0 bridgehead atoms. The highest BCUT2D eigenvalue weighted by atomic mass is 35.5. The molecule has 124 valence electrons. The summed E-state index contributed by atoms with van der Waals surface area (Å²) in [5, 5.41) is 25.6. The van der Waals surface area contributed by atoms with Crippen LogP contribution in [0.5, 0.6) is 5.75 Å². The highest BCUT2D eigenvalue weighted by Gasteiger charge is 2.28. The number of amidine groups is 1. The van der Waals surface area contributed by atoms with Crippen LogP contribution in [0.2, 0.25) is 10.0 Å². The summed E-state index contributed by atoms with van der Waals surface area (Å²) in [6, 6.07) is 12.7. The maximum absolute atomic E-state index is 10.2. The number of para-hydroxylation sites is 1. The lowest BCUT2D eigenvalue weighted by molar-refractivity contribution is 0.446. The number of halogens is 2. The molecule has 2 aromatic rings. The van der Waals surface area contributed by atoms with E-state index in [2.05, 4.69) is 5.10 Å². The predicted octanol–water partition coefficient (Wildman–Crippen LogP) is 4.57. The van der Waals surface area contributed by atoms with Gasteiger partial charge >= 0.3 is 0 Å². The Bertz CT molecular complexity index is 820. The summed E-state index contributed by atoms with van der Waals surface area (Å²) in [5.41, 5.74) is 2.24. The molecule has 1 unspecified atom stereocenters. The molecule has 2 aromatic carbocycles. The highest BCUT2D eigenvalue weighted by molar-refractivity contribution is 6.33. The molecule has 0 aromatic heterocycles. The van der Waals surface area contributed by atoms with E-state index in [1.807, 2.05) is 31.2 Å². The number of hydrogen-bond donors (Lipinski definition) is 2. The molecule has 1 atom stereocenters. The maximum Gasteiger partial charge on any atom is 0.143 e. The third-order valence-electron chi connectivity index (χ3n) is 4.03. The van der Waals surface area contributed by atoms with Crippen LogP contribution in [-0.2, 0) is 6.42 Å². The first-order valence-corrected chi connectivity index (χ1v) is 8.37. The van der Waals surface area contributed by atoms with Crippen LogP contribution in [0.1, 0.15) is 18.1 Å². The van der Waals surface area contributed by atoms with Crippen LogP contribution in [0, 0.1) is 11.3 Å². The first-order valence-electron chi connectivity index (χ1n) is 7.62. The van der Waals surface area contributed by atoms with Gasteiger partial charge < -0.3 is 5.11 Å². The van der Waals surface area contributed by atoms with Gasteiger partial charge in [-0.2, -0.15) is 5.10 Å². The molecule has 0 fully saturated rings. The van der Waals surface area contributed by atoms with Gasteiger partial charge in [-0.15, -0.1) is 0 Å². The van der Waals surface area contributed by atoms with E-state index in [9.17, 15) is 5.11 Å². The summed E-state index contributed by atoms with van der Waals surface area (Å²) in [7, 11) is 0. The molecule has 0 aliphatic carbocycles. The summed E-state index contributed by atoms with van der Waals surface area (Å²) < 4.78 is 0. The zero-order valence-corrected chi connectivity index (χ0v) is 14.6. The van der Waals surface area contributed by atoms with Gasteiger partial charge in [-0.05, 0) is 23.8 Å². The smallest absolute Gasteiger partial charge is 0.143 e. The van der Waals surface area contributed by atoms with Crippen LogP contribution in [0.15, 0.2) is 47.6 Å². The molecule has 6 heteroatoms. The molecule has 24 heavy (non-hydrogen) atoms. The zero-order valence-electron chi connectivity index (χ0n) is 13.1. The van der Waals surface area contributed by atoms with Crippen LogP contribution in [0.3, 0.4) is 0 Å². The van der Waals surface area contributed by atoms with Crippen molar-refractivity contribution in [3.8, 4) is 5.75 Å². The molecule has 4 nitrogen and oxygen atoms in total. The summed E-state index contributed by atoms with van der Waals surface area (Å²) in [6.07, 6.45) is 0.407. The van der Waals surface area contributed by atoms with Crippen LogP contribution in [0.4, 0.5) is 0 Å². The van der Waals surface area contributed by atoms with Crippen LogP contribution >= 0.6 is 23.2 Å². The van der Waals surface area contributed by atoms with Crippen LogP contribution in [0.25, 0.3) is 0 Å². The molecule has 1 heterocycles. The monoisotopic (exact) mass is 361 g/mol. The van der Waals surface area contributed by atoms with E-state index in [0.29, 0.717) is 34.4 Å². The van der Waals surface area contributed by atoms with Crippen molar-refractivity contribution in [1.82, 2.24) is 5.01 Å². The number of rotatable bonds is 3. The van der Waals surface area contributed by atoms with E-state index in [4.69, 9.17) is 28.6 Å². The second kappa shape index (κ2) is 6.83. The van der Waals surface area contributed by atoms with Gasteiger partial charge in [0, 0.05) is 22.9 Å². The second-order valence-corrected chi connectivity index (χ2v) is 6.63. The van der Waals surface area contributed by atoms with Gasteiger partial charge in [0.2, 0.25) is 0 Å². The lowest BCUT2D eigenvalue weighted by Crippen LogP contribution is -2.26. The molecule has 2 N–H and O–H groups in total. The van der Waals surface area contributed by atoms with Crippen molar-refractivity contribution < 1.29 is 5.11 Å². The van der Waals surface area contributed by atoms with E-state index in [-0.39, 0.29) is 11.7 Å². The molecule has 0 spiro atoms. The van der Waals surface area contributed by atoms with Crippen LogP contribution < -0.4 is 0 Å². The van der Waals surface area contributed by atoms with Crippen molar-refractivity contribution in [2.45, 2.75) is 13.3 Å². The third-order valence-corrected chi connectivity index (χ3v) is 4.71. The van der Waals surface area contributed by atoms with Gasteiger partial charge in [-0.3, -0.25) is 10.4 Å². The largest absolute Gasteiger partial charge is 0.506 e. The number of aromatic hydroxyl groups is 1. The number of benzene rings is 2. The van der Waals surface area contributed by atoms with E-state index >= 15 is 0 Å². The minimum Gasteiger partial charge on any atom is -0.506 e. The van der Waals surface area contributed by atoms with Crippen LogP contribution in [-0.4, -0.2) is 28.2 Å². The molecule has 0 saturated heterocycles. The Morgan fingerprint density at radius 3 is 2.67 bits per heavy atom. The topological polar surface area (TPSA) is 59.7 Å². The fourth-order valence-corrected chi connectivity index (χ4v) is 3.12. The Morgan fingerprint density at radius 2 is 1.92 bits per heavy atom. The first-order chi connectivity index (χ1) is 11.5. The van der Waals surface area contributed by atoms with E-state index in [1.165, 1.54) is 0 Å². The first kappa shape index (κ1) is 16.8. The van der Waals surface area contributed by atoms with Crippen molar-refractivity contribution in [3.05, 3.63) is 63.6 Å². The third kappa shape index (κ3) is 3.25. The lowest BCUT2D eigenvalue weighted by Gasteiger charge is -2.16. The number of hydrogen-bond acceptors (Lipinski definition) is 3. The quantitative estimate of drug-likeness (QED) is 0.621. The number of phenols is 1. The summed E-state index contributed by atoms with van der Waals surface area (Å²) in [5.74, 6) is 0.483. The molecule has 1 aliphatic rings. The van der Waals surface area contributed by atoms with Crippen molar-refractivity contribution in [2.24, 2.45) is 11.0 Å². The molecular formula is C18H17Cl2N3O. The van der Waals surface area contributed by atoms with Crippen molar-refractivity contribution in [2.75, 3.05) is 6.54 Å². The Kier molecular flexibility index (Phi) is 4.78. The van der Waals surface area contributed by atoms with Gasteiger partial charge in [0.15, 0.2) is 0 Å². The van der Waals surface area contributed by atoms with Gasteiger partial charge in [-0.25, -0.2) is 0 Å². The minimum absolute atomic E-state index is 0.0317. The average Bonchev–Trinajstić information content (AvgIpc) is 2.94. The van der Waals surface area contributed by atoms with Gasteiger partial charge in [-0.1, -0.05) is 54.4 Å². The Labute approximate surface area is 150 Å². The Balaban J connectivity index is 1.84. The molecule has 0 amide bonds. The summed E-state index contributed by atoms with van der Waals surface area (Å²) in [4.78, 5) is 0.